The second-order valence-corrected chi connectivity index (χ2v) is 8.08. The molecule has 0 aliphatic rings. The molecule has 0 radical (unpaired) electrons. The molecule has 3 nitrogen and oxygen atoms in total. The van der Waals surface area contributed by atoms with Crippen LogP contribution < -0.4 is 9.47 Å². The van der Waals surface area contributed by atoms with Gasteiger partial charge < -0.3 is 9.47 Å². The molecule has 33 heavy (non-hydrogen) atoms. The minimum atomic E-state index is -0.379. The van der Waals surface area contributed by atoms with E-state index in [1.165, 1.54) is 11.1 Å². The molecule has 1 atom stereocenters. The number of hydrogen-bond acceptors (Lipinski definition) is 3. The van der Waals surface area contributed by atoms with Crippen LogP contribution in [0.4, 0.5) is 0 Å². The molecule has 4 aromatic rings. The Morgan fingerprint density at radius 1 is 0.727 bits per heavy atom. The molecule has 0 unspecified atom stereocenters. The molecule has 0 aliphatic heterocycles. The van der Waals surface area contributed by atoms with E-state index in [4.69, 9.17) is 9.47 Å². The van der Waals surface area contributed by atoms with E-state index in [2.05, 4.69) is 61.5 Å². The van der Waals surface area contributed by atoms with Gasteiger partial charge in [0.25, 0.3) is 0 Å². The van der Waals surface area contributed by atoms with Crippen molar-refractivity contribution in [3.05, 3.63) is 120 Å². The third-order valence-corrected chi connectivity index (χ3v) is 5.66. The lowest BCUT2D eigenvalue weighted by Gasteiger charge is -2.12. The number of ether oxygens (including phenoxy) is 2. The van der Waals surface area contributed by atoms with Gasteiger partial charge in [-0.05, 0) is 77.9 Å². The Labute approximate surface area is 195 Å². The fourth-order valence-electron chi connectivity index (χ4n) is 3.82. The molecule has 0 N–H and O–H groups in total. The second-order valence-electron chi connectivity index (χ2n) is 8.08. The van der Waals surface area contributed by atoms with Gasteiger partial charge in [-0.15, -0.1) is 0 Å². The van der Waals surface area contributed by atoms with Crippen LogP contribution in [-0.4, -0.2) is 12.6 Å². The first-order valence-corrected chi connectivity index (χ1v) is 11.3. The van der Waals surface area contributed by atoms with Crippen molar-refractivity contribution in [3.63, 3.8) is 0 Å². The van der Waals surface area contributed by atoms with E-state index in [0.717, 1.165) is 23.3 Å². The Morgan fingerprint density at radius 3 is 1.91 bits per heavy atom. The number of benzene rings is 4. The van der Waals surface area contributed by atoms with Crippen LogP contribution >= 0.6 is 0 Å². The van der Waals surface area contributed by atoms with Crippen molar-refractivity contribution < 1.29 is 14.3 Å². The van der Waals surface area contributed by atoms with Gasteiger partial charge in [-0.2, -0.15) is 0 Å². The Balaban J connectivity index is 1.37. The van der Waals surface area contributed by atoms with Crippen molar-refractivity contribution >= 4 is 5.97 Å². The molecule has 0 spiro atoms. The Kier molecular flexibility index (Phi) is 7.21. The van der Waals surface area contributed by atoms with E-state index in [0.29, 0.717) is 23.8 Å². The van der Waals surface area contributed by atoms with Crippen LogP contribution in [0.3, 0.4) is 0 Å². The van der Waals surface area contributed by atoms with Gasteiger partial charge in [-0.1, -0.05) is 73.7 Å². The van der Waals surface area contributed by atoms with Gasteiger partial charge in [0.1, 0.15) is 11.5 Å². The van der Waals surface area contributed by atoms with Crippen LogP contribution in [0.1, 0.15) is 41.3 Å². The largest absolute Gasteiger partial charge is 0.494 e. The highest BCUT2D eigenvalue weighted by Gasteiger charge is 2.10. The predicted molar refractivity (Wildman–Crippen MR) is 133 cm³/mol. The van der Waals surface area contributed by atoms with E-state index in [1.54, 1.807) is 36.4 Å². The molecule has 0 aliphatic carbocycles. The number of hydrogen-bond donors (Lipinski definition) is 0. The molecular formula is C30H28O3. The van der Waals surface area contributed by atoms with E-state index in [1.807, 2.05) is 19.1 Å². The maximum atomic E-state index is 12.5. The third-order valence-electron chi connectivity index (χ3n) is 5.66. The van der Waals surface area contributed by atoms with Crippen LogP contribution in [0.25, 0.3) is 11.1 Å². The van der Waals surface area contributed by atoms with Gasteiger partial charge in [0.15, 0.2) is 0 Å². The molecule has 0 amide bonds. The average molecular weight is 437 g/mol. The summed E-state index contributed by atoms with van der Waals surface area (Å²) in [5.41, 5.74) is 5.37. The van der Waals surface area contributed by atoms with Gasteiger partial charge in [0.05, 0.1) is 12.2 Å². The van der Waals surface area contributed by atoms with Gasteiger partial charge in [-0.3, -0.25) is 0 Å². The zero-order chi connectivity index (χ0) is 23.0. The van der Waals surface area contributed by atoms with Crippen molar-refractivity contribution in [1.29, 1.82) is 0 Å². The summed E-state index contributed by atoms with van der Waals surface area (Å²) in [5, 5.41) is 0. The summed E-state index contributed by atoms with van der Waals surface area (Å²) in [6, 6.07) is 33.8. The summed E-state index contributed by atoms with van der Waals surface area (Å²) >= 11 is 0. The standard InChI is InChI=1S/C30H28O3/c1-3-32-28-17-19-29(20-18-28)33-30(31)27-15-13-26(14-16-27)25-11-9-23(10-12-25)21-22(2)24-7-5-4-6-8-24/h4-20,22H,3,21H2,1-2H3/t22-/m1/s1. The lowest BCUT2D eigenvalue weighted by Crippen LogP contribution is -2.08. The van der Waals surface area contributed by atoms with Crippen LogP contribution in [0.15, 0.2) is 103 Å². The van der Waals surface area contributed by atoms with Gasteiger partial charge in [0, 0.05) is 0 Å². The van der Waals surface area contributed by atoms with Crippen LogP contribution in [-0.2, 0) is 6.42 Å². The monoisotopic (exact) mass is 436 g/mol. The van der Waals surface area contributed by atoms with E-state index >= 15 is 0 Å². The van der Waals surface area contributed by atoms with Crippen molar-refractivity contribution in [1.82, 2.24) is 0 Å². The number of carbonyl (C=O) groups excluding carboxylic acids is 1. The smallest absolute Gasteiger partial charge is 0.343 e. The number of esters is 1. The van der Waals surface area contributed by atoms with Crippen LogP contribution in [0.2, 0.25) is 0 Å². The Morgan fingerprint density at radius 2 is 1.30 bits per heavy atom. The molecule has 0 fully saturated rings. The zero-order valence-corrected chi connectivity index (χ0v) is 19.0. The van der Waals surface area contributed by atoms with E-state index in [-0.39, 0.29) is 5.97 Å². The van der Waals surface area contributed by atoms with Crippen molar-refractivity contribution in [2.75, 3.05) is 6.61 Å². The fraction of sp³-hybridized carbons (Fsp3) is 0.167. The van der Waals surface area contributed by atoms with Crippen molar-refractivity contribution in [3.8, 4) is 22.6 Å². The highest BCUT2D eigenvalue weighted by Crippen LogP contribution is 2.25. The van der Waals surface area contributed by atoms with Crippen LogP contribution in [0, 0.1) is 0 Å². The minimum Gasteiger partial charge on any atom is -0.494 e. The van der Waals surface area contributed by atoms with E-state index < -0.39 is 0 Å². The molecule has 3 heteroatoms. The molecule has 4 rings (SSSR count). The fourth-order valence-corrected chi connectivity index (χ4v) is 3.82. The quantitative estimate of drug-likeness (QED) is 0.214. The number of carbonyl (C=O) groups is 1. The van der Waals surface area contributed by atoms with Gasteiger partial charge >= 0.3 is 5.97 Å². The Hall–Kier alpha value is -3.85. The second kappa shape index (κ2) is 10.6. The summed E-state index contributed by atoms with van der Waals surface area (Å²) in [5.74, 6) is 1.34. The highest BCUT2D eigenvalue weighted by atomic mass is 16.5. The minimum absolute atomic E-state index is 0.379. The number of rotatable bonds is 8. The van der Waals surface area contributed by atoms with Crippen molar-refractivity contribution in [2.45, 2.75) is 26.2 Å². The molecule has 0 saturated carbocycles. The topological polar surface area (TPSA) is 35.5 Å². The summed E-state index contributed by atoms with van der Waals surface area (Å²) in [7, 11) is 0. The summed E-state index contributed by atoms with van der Waals surface area (Å²) in [6.45, 7) is 4.79. The van der Waals surface area contributed by atoms with E-state index in [9.17, 15) is 4.79 Å². The lowest BCUT2D eigenvalue weighted by atomic mass is 9.93. The normalized spacial score (nSPS) is 11.6. The SMILES string of the molecule is CCOc1ccc(OC(=O)c2ccc(-c3ccc(C[C@@H](C)c4ccccc4)cc3)cc2)cc1. The highest BCUT2D eigenvalue weighted by molar-refractivity contribution is 5.91. The zero-order valence-electron chi connectivity index (χ0n) is 19.0. The average Bonchev–Trinajstić information content (AvgIpc) is 2.86. The van der Waals surface area contributed by atoms with Crippen molar-refractivity contribution in [2.24, 2.45) is 0 Å². The maximum absolute atomic E-state index is 12.5. The summed E-state index contributed by atoms with van der Waals surface area (Å²) in [6.07, 6.45) is 1.00. The van der Waals surface area contributed by atoms with Crippen LogP contribution in [0.5, 0.6) is 11.5 Å². The summed E-state index contributed by atoms with van der Waals surface area (Å²) < 4.78 is 10.9. The molecule has 0 heterocycles. The molecule has 4 aromatic carbocycles. The maximum Gasteiger partial charge on any atom is 0.343 e. The Bertz CT molecular complexity index is 1160. The summed E-state index contributed by atoms with van der Waals surface area (Å²) in [4.78, 5) is 12.5. The third kappa shape index (κ3) is 5.89. The first-order valence-electron chi connectivity index (χ1n) is 11.3. The molecule has 0 saturated heterocycles. The lowest BCUT2D eigenvalue weighted by molar-refractivity contribution is 0.0734. The first kappa shape index (κ1) is 22.3. The molecule has 166 valence electrons. The first-order chi connectivity index (χ1) is 16.1. The molecule has 0 aromatic heterocycles. The molecule has 0 bridgehead atoms. The van der Waals surface area contributed by atoms with Gasteiger partial charge in [0.2, 0.25) is 0 Å². The van der Waals surface area contributed by atoms with Gasteiger partial charge in [-0.25, -0.2) is 4.79 Å². The molecular weight excluding hydrogens is 408 g/mol. The predicted octanol–water partition coefficient (Wildman–Crippen LogP) is 7.32.